The Kier molecular flexibility index (Phi) is 4.62. The average Bonchev–Trinajstić information content (AvgIpc) is 2.72. The van der Waals surface area contributed by atoms with Crippen LogP contribution in [-0.2, 0) is 0 Å². The van der Waals surface area contributed by atoms with E-state index in [2.05, 4.69) is 21.2 Å². The predicted molar refractivity (Wildman–Crippen MR) is 73.8 cm³/mol. The number of alkyl halides is 1. The third kappa shape index (κ3) is 3.23. The minimum Gasteiger partial charge on any atom is -0.352 e. The van der Waals surface area contributed by atoms with E-state index in [-0.39, 0.29) is 11.5 Å². The molecule has 1 amide bonds. The van der Waals surface area contributed by atoms with Gasteiger partial charge in [0.2, 0.25) is 0 Å². The summed E-state index contributed by atoms with van der Waals surface area (Å²) in [5.74, 6) is -0.526. The molecule has 2 rings (SSSR count). The Hall–Kier alpha value is -0.610. The summed E-state index contributed by atoms with van der Waals surface area (Å²) in [6, 6.07) is 4.08. The maximum Gasteiger partial charge on any atom is 0.254 e. The minimum atomic E-state index is -0.582. The first-order valence-corrected chi connectivity index (χ1v) is 7.24. The van der Waals surface area contributed by atoms with Crippen molar-refractivity contribution in [2.75, 3.05) is 6.54 Å². The van der Waals surface area contributed by atoms with E-state index in [4.69, 9.17) is 11.6 Å². The third-order valence-electron chi connectivity index (χ3n) is 3.27. The van der Waals surface area contributed by atoms with Crippen LogP contribution in [-0.4, -0.2) is 17.3 Å². The Morgan fingerprint density at radius 2 is 2.28 bits per heavy atom. The Bertz CT molecular complexity index is 455. The van der Waals surface area contributed by atoms with Gasteiger partial charge in [-0.05, 0) is 37.0 Å². The highest BCUT2D eigenvalue weighted by Crippen LogP contribution is 2.30. The molecule has 1 N–H and O–H groups in total. The van der Waals surface area contributed by atoms with Gasteiger partial charge in [0.05, 0.1) is 5.56 Å². The summed E-state index contributed by atoms with van der Waals surface area (Å²) in [6.07, 6.45) is 3.40. The van der Waals surface area contributed by atoms with Crippen molar-refractivity contribution in [2.45, 2.75) is 24.1 Å². The first-order chi connectivity index (χ1) is 8.58. The number of hydrogen-bond acceptors (Lipinski definition) is 1. The predicted octanol–water partition coefficient (Wildman–Crippen LogP) is 3.77. The summed E-state index contributed by atoms with van der Waals surface area (Å²) in [5.41, 5.74) is 0.0449. The zero-order valence-corrected chi connectivity index (χ0v) is 12.1. The molecular formula is C13H14BrClFNO. The van der Waals surface area contributed by atoms with Gasteiger partial charge >= 0.3 is 0 Å². The second-order valence-electron chi connectivity index (χ2n) is 4.54. The van der Waals surface area contributed by atoms with Crippen molar-refractivity contribution < 1.29 is 9.18 Å². The fourth-order valence-electron chi connectivity index (χ4n) is 2.21. The summed E-state index contributed by atoms with van der Waals surface area (Å²) in [6.45, 7) is 0.580. The maximum absolute atomic E-state index is 13.5. The number of benzene rings is 1. The van der Waals surface area contributed by atoms with E-state index in [0.29, 0.717) is 22.3 Å². The molecule has 1 aromatic carbocycles. The normalized spacial score (nSPS) is 23.1. The van der Waals surface area contributed by atoms with Gasteiger partial charge in [0.1, 0.15) is 5.82 Å². The fraction of sp³-hybridized carbons (Fsp3) is 0.462. The number of carbonyl (C=O) groups excluding carboxylic acids is 1. The van der Waals surface area contributed by atoms with Crippen LogP contribution in [0.15, 0.2) is 18.2 Å². The molecule has 0 saturated heterocycles. The summed E-state index contributed by atoms with van der Waals surface area (Å²) in [4.78, 5) is 12.3. The second kappa shape index (κ2) is 6.02. The molecule has 98 valence electrons. The number of amides is 1. The molecular weight excluding hydrogens is 321 g/mol. The van der Waals surface area contributed by atoms with Crippen LogP contribution in [0.4, 0.5) is 4.39 Å². The van der Waals surface area contributed by atoms with Crippen LogP contribution in [0.5, 0.6) is 0 Å². The van der Waals surface area contributed by atoms with Crippen LogP contribution in [0.3, 0.4) is 0 Å². The van der Waals surface area contributed by atoms with Gasteiger partial charge in [-0.25, -0.2) is 4.39 Å². The summed E-state index contributed by atoms with van der Waals surface area (Å²) in [7, 11) is 0. The average molecular weight is 335 g/mol. The van der Waals surface area contributed by atoms with Crippen molar-refractivity contribution >= 4 is 33.4 Å². The molecule has 0 heterocycles. The molecule has 0 aromatic heterocycles. The van der Waals surface area contributed by atoms with Gasteiger partial charge in [-0.3, -0.25) is 4.79 Å². The van der Waals surface area contributed by atoms with Crippen LogP contribution in [0.2, 0.25) is 5.02 Å². The van der Waals surface area contributed by atoms with Crippen molar-refractivity contribution in [3.8, 4) is 0 Å². The Balaban J connectivity index is 1.95. The largest absolute Gasteiger partial charge is 0.352 e. The van der Waals surface area contributed by atoms with Gasteiger partial charge in [-0.2, -0.15) is 0 Å². The molecule has 1 fully saturated rings. The number of carbonyl (C=O) groups is 1. The number of nitrogens with one attached hydrogen (secondary N) is 1. The molecule has 18 heavy (non-hydrogen) atoms. The van der Waals surface area contributed by atoms with E-state index in [1.807, 2.05) is 0 Å². The summed E-state index contributed by atoms with van der Waals surface area (Å²) >= 11 is 9.24. The highest BCUT2D eigenvalue weighted by atomic mass is 79.9. The molecule has 1 aliphatic rings. The molecule has 0 aliphatic heterocycles. The molecule has 5 heteroatoms. The van der Waals surface area contributed by atoms with Gasteiger partial charge in [0.25, 0.3) is 5.91 Å². The van der Waals surface area contributed by atoms with E-state index in [1.165, 1.54) is 18.6 Å². The van der Waals surface area contributed by atoms with E-state index in [1.54, 1.807) is 0 Å². The van der Waals surface area contributed by atoms with Gasteiger partial charge < -0.3 is 5.32 Å². The van der Waals surface area contributed by atoms with E-state index >= 15 is 0 Å². The van der Waals surface area contributed by atoms with Crippen molar-refractivity contribution in [3.63, 3.8) is 0 Å². The molecule has 1 saturated carbocycles. The molecule has 2 unspecified atom stereocenters. The van der Waals surface area contributed by atoms with E-state index in [9.17, 15) is 9.18 Å². The number of rotatable bonds is 3. The number of halogens is 3. The van der Waals surface area contributed by atoms with E-state index in [0.717, 1.165) is 18.9 Å². The topological polar surface area (TPSA) is 29.1 Å². The van der Waals surface area contributed by atoms with Gasteiger partial charge in [0.15, 0.2) is 0 Å². The lowest BCUT2D eigenvalue weighted by molar-refractivity contribution is 0.0944. The van der Waals surface area contributed by atoms with Gasteiger partial charge in [-0.15, -0.1) is 0 Å². The van der Waals surface area contributed by atoms with Crippen molar-refractivity contribution in [2.24, 2.45) is 5.92 Å². The van der Waals surface area contributed by atoms with Gasteiger partial charge in [-0.1, -0.05) is 34.0 Å². The smallest absolute Gasteiger partial charge is 0.254 e. The molecule has 0 bridgehead atoms. The van der Waals surface area contributed by atoms with Gasteiger partial charge in [0, 0.05) is 16.4 Å². The van der Waals surface area contributed by atoms with E-state index < -0.39 is 5.82 Å². The molecule has 1 aromatic rings. The maximum atomic E-state index is 13.5. The van der Waals surface area contributed by atoms with Crippen LogP contribution in [0, 0.1) is 11.7 Å². The third-order valence-corrected chi connectivity index (χ3v) is 4.71. The Labute approximate surface area is 119 Å². The molecule has 2 nitrogen and oxygen atoms in total. The highest BCUT2D eigenvalue weighted by Gasteiger charge is 2.25. The van der Waals surface area contributed by atoms with Crippen molar-refractivity contribution in [3.05, 3.63) is 34.6 Å². The lowest BCUT2D eigenvalue weighted by Gasteiger charge is -2.14. The van der Waals surface area contributed by atoms with Crippen molar-refractivity contribution in [1.82, 2.24) is 5.32 Å². The number of hydrogen-bond donors (Lipinski definition) is 1. The SMILES string of the molecule is O=C(NCC1CCCC1Br)c1ccc(Cl)cc1F. The monoisotopic (exact) mass is 333 g/mol. The minimum absolute atomic E-state index is 0.0449. The summed E-state index contributed by atoms with van der Waals surface area (Å²) in [5, 5.41) is 3.07. The standard InChI is InChI=1S/C13H14BrClFNO/c14-11-3-1-2-8(11)7-17-13(18)10-5-4-9(15)6-12(10)16/h4-6,8,11H,1-3,7H2,(H,17,18). The fourth-order valence-corrected chi connectivity index (χ4v) is 3.15. The molecule has 0 spiro atoms. The zero-order valence-electron chi connectivity index (χ0n) is 9.76. The first-order valence-electron chi connectivity index (χ1n) is 5.95. The molecule has 1 aliphatic carbocycles. The van der Waals surface area contributed by atoms with Crippen molar-refractivity contribution in [1.29, 1.82) is 0 Å². The highest BCUT2D eigenvalue weighted by molar-refractivity contribution is 9.09. The Morgan fingerprint density at radius 3 is 2.89 bits per heavy atom. The molecule has 2 atom stereocenters. The second-order valence-corrected chi connectivity index (χ2v) is 6.15. The Morgan fingerprint density at radius 1 is 1.50 bits per heavy atom. The lowest BCUT2D eigenvalue weighted by atomic mass is 10.1. The van der Waals surface area contributed by atoms with Crippen LogP contribution in [0.25, 0.3) is 0 Å². The quantitative estimate of drug-likeness (QED) is 0.838. The van der Waals surface area contributed by atoms with Crippen LogP contribution >= 0.6 is 27.5 Å². The lowest BCUT2D eigenvalue weighted by Crippen LogP contribution is -2.31. The van der Waals surface area contributed by atoms with Crippen LogP contribution in [0.1, 0.15) is 29.6 Å². The first kappa shape index (κ1) is 13.8. The van der Waals surface area contributed by atoms with Crippen LogP contribution < -0.4 is 5.32 Å². The summed E-state index contributed by atoms with van der Waals surface area (Å²) < 4.78 is 13.5. The molecule has 0 radical (unpaired) electrons. The zero-order chi connectivity index (χ0) is 13.1.